The summed E-state index contributed by atoms with van der Waals surface area (Å²) in [5, 5.41) is 13.6. The number of hydrogen-bond acceptors (Lipinski definition) is 4. The van der Waals surface area contributed by atoms with Crippen molar-refractivity contribution < 1.29 is 9.90 Å². The van der Waals surface area contributed by atoms with Crippen LogP contribution >= 0.6 is 0 Å². The lowest BCUT2D eigenvalue weighted by molar-refractivity contribution is 0.0684. The quantitative estimate of drug-likeness (QED) is 0.791. The Labute approximate surface area is 125 Å². The topological polar surface area (TPSA) is 89.5 Å². The monoisotopic (exact) mass is 298 g/mol. The summed E-state index contributed by atoms with van der Waals surface area (Å²) in [6.07, 6.45) is 2.38. The van der Waals surface area contributed by atoms with Gasteiger partial charge in [0.15, 0.2) is 0 Å². The molecule has 0 aromatic carbocycles. The first-order valence-corrected chi connectivity index (χ1v) is 6.90. The van der Waals surface area contributed by atoms with Gasteiger partial charge in [0.05, 0.1) is 5.69 Å². The molecule has 22 heavy (non-hydrogen) atoms. The lowest BCUT2D eigenvalue weighted by Gasteiger charge is -2.10. The van der Waals surface area contributed by atoms with Crippen molar-refractivity contribution in [1.29, 1.82) is 0 Å². The van der Waals surface area contributed by atoms with Crippen molar-refractivity contribution in [3.05, 3.63) is 52.6 Å². The van der Waals surface area contributed by atoms with Gasteiger partial charge in [0.1, 0.15) is 17.0 Å². The van der Waals surface area contributed by atoms with Crippen molar-refractivity contribution >= 4 is 11.6 Å². The summed E-state index contributed by atoms with van der Waals surface area (Å²) in [4.78, 5) is 27.7. The molecule has 3 aromatic rings. The zero-order valence-electron chi connectivity index (χ0n) is 11.9. The predicted molar refractivity (Wildman–Crippen MR) is 79.9 cm³/mol. The zero-order valence-corrected chi connectivity index (χ0v) is 11.9. The van der Waals surface area contributed by atoms with Crippen LogP contribution in [0.2, 0.25) is 0 Å². The second-order valence-corrected chi connectivity index (χ2v) is 4.84. The highest BCUT2D eigenvalue weighted by atomic mass is 16.4. The van der Waals surface area contributed by atoms with Crippen LogP contribution in [-0.2, 0) is 6.54 Å². The number of rotatable bonds is 4. The van der Waals surface area contributed by atoms with Crippen LogP contribution < -0.4 is 5.56 Å². The van der Waals surface area contributed by atoms with Crippen molar-refractivity contribution in [3.63, 3.8) is 0 Å². The van der Waals surface area contributed by atoms with Gasteiger partial charge in [0.2, 0.25) is 0 Å². The zero-order chi connectivity index (χ0) is 15.7. The highest BCUT2D eigenvalue weighted by molar-refractivity contribution is 5.86. The van der Waals surface area contributed by atoms with E-state index in [0.29, 0.717) is 23.6 Å². The van der Waals surface area contributed by atoms with E-state index in [-0.39, 0.29) is 5.69 Å². The molecule has 3 heterocycles. The van der Waals surface area contributed by atoms with E-state index in [2.05, 4.69) is 10.1 Å². The maximum atomic E-state index is 12.1. The number of fused-ring (bicyclic) bond motifs is 1. The van der Waals surface area contributed by atoms with Crippen LogP contribution in [0, 0.1) is 0 Å². The summed E-state index contributed by atoms with van der Waals surface area (Å²) < 4.78 is 2.80. The van der Waals surface area contributed by atoms with Crippen molar-refractivity contribution in [2.24, 2.45) is 0 Å². The van der Waals surface area contributed by atoms with Gasteiger partial charge >= 0.3 is 5.97 Å². The van der Waals surface area contributed by atoms with Gasteiger partial charge in [-0.25, -0.2) is 4.79 Å². The number of aromatic nitrogens is 4. The fourth-order valence-corrected chi connectivity index (χ4v) is 2.38. The fourth-order valence-electron chi connectivity index (χ4n) is 2.38. The van der Waals surface area contributed by atoms with Crippen LogP contribution in [0.15, 0.2) is 41.3 Å². The minimum atomic E-state index is -1.13. The minimum absolute atomic E-state index is 0.0354. The maximum absolute atomic E-state index is 12.1. The van der Waals surface area contributed by atoms with Crippen molar-refractivity contribution in [1.82, 2.24) is 19.2 Å². The fraction of sp³-hybridized carbons (Fsp3) is 0.200. The van der Waals surface area contributed by atoms with Crippen LogP contribution in [0.5, 0.6) is 0 Å². The molecule has 0 radical (unpaired) electrons. The molecule has 0 saturated heterocycles. The Bertz CT molecular complexity index is 896. The number of carboxylic acids is 1. The van der Waals surface area contributed by atoms with Crippen LogP contribution in [-0.4, -0.2) is 30.2 Å². The van der Waals surface area contributed by atoms with Crippen molar-refractivity contribution in [2.75, 3.05) is 0 Å². The first kappa shape index (κ1) is 14.0. The molecule has 7 nitrogen and oxygen atoms in total. The van der Waals surface area contributed by atoms with Gasteiger partial charge in [-0.15, -0.1) is 0 Å². The summed E-state index contributed by atoms with van der Waals surface area (Å²) >= 11 is 0. The van der Waals surface area contributed by atoms with E-state index in [9.17, 15) is 14.7 Å². The Morgan fingerprint density at radius 1 is 1.27 bits per heavy atom. The first-order valence-electron chi connectivity index (χ1n) is 6.90. The molecular weight excluding hydrogens is 284 g/mol. The van der Waals surface area contributed by atoms with E-state index >= 15 is 0 Å². The van der Waals surface area contributed by atoms with Crippen LogP contribution in [0.4, 0.5) is 0 Å². The summed E-state index contributed by atoms with van der Waals surface area (Å²) in [5.41, 5.74) is 1.11. The third-order valence-electron chi connectivity index (χ3n) is 3.32. The summed E-state index contributed by atoms with van der Waals surface area (Å²) in [5.74, 6) is -1.13. The molecule has 0 amide bonds. The lowest BCUT2D eigenvalue weighted by Crippen LogP contribution is -2.23. The van der Waals surface area contributed by atoms with Gasteiger partial charge in [0.25, 0.3) is 5.56 Å². The SMILES string of the molecule is CCCn1c(C(=O)O)cc(=O)n2nc(-c3ccccn3)cc12. The lowest BCUT2D eigenvalue weighted by atomic mass is 10.3. The Balaban J connectivity index is 2.31. The number of hydrogen-bond donors (Lipinski definition) is 1. The molecule has 0 aliphatic carbocycles. The Morgan fingerprint density at radius 2 is 2.09 bits per heavy atom. The third kappa shape index (κ3) is 2.26. The molecule has 0 aliphatic rings. The molecule has 0 unspecified atom stereocenters. The van der Waals surface area contributed by atoms with E-state index < -0.39 is 11.5 Å². The molecule has 7 heteroatoms. The van der Waals surface area contributed by atoms with Crippen LogP contribution in [0.25, 0.3) is 17.0 Å². The van der Waals surface area contributed by atoms with E-state index in [0.717, 1.165) is 12.5 Å². The number of aromatic carboxylic acids is 1. The van der Waals surface area contributed by atoms with Crippen molar-refractivity contribution in [3.8, 4) is 11.4 Å². The van der Waals surface area contributed by atoms with Gasteiger partial charge < -0.3 is 9.67 Å². The van der Waals surface area contributed by atoms with E-state index in [4.69, 9.17) is 0 Å². The summed E-state index contributed by atoms with van der Waals surface area (Å²) in [7, 11) is 0. The molecule has 0 atom stereocenters. The number of carboxylic acid groups (broad SMARTS) is 1. The Hall–Kier alpha value is -2.96. The number of pyridine rings is 1. The Kier molecular flexibility index (Phi) is 3.46. The third-order valence-corrected chi connectivity index (χ3v) is 3.32. The molecule has 3 rings (SSSR count). The summed E-state index contributed by atoms with van der Waals surface area (Å²) in [6, 6.07) is 8.19. The van der Waals surface area contributed by atoms with Crippen molar-refractivity contribution in [2.45, 2.75) is 19.9 Å². The Morgan fingerprint density at radius 3 is 2.73 bits per heavy atom. The molecule has 0 saturated carbocycles. The van der Waals surface area contributed by atoms with Gasteiger partial charge in [-0.3, -0.25) is 9.78 Å². The highest BCUT2D eigenvalue weighted by Gasteiger charge is 2.17. The minimum Gasteiger partial charge on any atom is -0.477 e. The molecule has 0 aliphatic heterocycles. The van der Waals surface area contributed by atoms with Gasteiger partial charge in [-0.1, -0.05) is 13.0 Å². The smallest absolute Gasteiger partial charge is 0.352 e. The normalized spacial score (nSPS) is 11.0. The van der Waals surface area contributed by atoms with Gasteiger partial charge in [-0.05, 0) is 18.6 Å². The van der Waals surface area contributed by atoms with E-state index in [1.807, 2.05) is 13.0 Å². The molecule has 0 spiro atoms. The average Bonchev–Trinajstić information content (AvgIpc) is 2.96. The van der Waals surface area contributed by atoms with E-state index in [1.165, 1.54) is 4.52 Å². The number of nitrogens with zero attached hydrogens (tertiary/aromatic N) is 4. The van der Waals surface area contributed by atoms with Crippen LogP contribution in [0.3, 0.4) is 0 Å². The highest BCUT2D eigenvalue weighted by Crippen LogP contribution is 2.17. The molecule has 0 fully saturated rings. The number of carbonyl (C=O) groups is 1. The molecule has 0 bridgehead atoms. The van der Waals surface area contributed by atoms with Gasteiger partial charge in [0, 0.05) is 24.9 Å². The second kappa shape index (κ2) is 5.44. The molecular formula is C15H14N4O3. The van der Waals surface area contributed by atoms with E-state index in [1.54, 1.807) is 29.0 Å². The molecule has 1 N–H and O–H groups in total. The molecule has 112 valence electrons. The first-order chi connectivity index (χ1) is 10.6. The van der Waals surface area contributed by atoms with Crippen LogP contribution in [0.1, 0.15) is 23.8 Å². The molecule has 3 aromatic heterocycles. The second-order valence-electron chi connectivity index (χ2n) is 4.84. The standard InChI is InChI=1S/C15H14N4O3/c1-2-7-18-12(15(21)22)9-14(20)19-13(18)8-11(17-19)10-5-3-4-6-16-10/h3-6,8-9H,2,7H2,1H3,(H,21,22). The maximum Gasteiger partial charge on any atom is 0.352 e. The predicted octanol–water partition coefficient (Wildman–Crippen LogP) is 1.67. The largest absolute Gasteiger partial charge is 0.477 e. The summed E-state index contributed by atoms with van der Waals surface area (Å²) in [6.45, 7) is 2.43. The number of aryl methyl sites for hydroxylation is 1. The van der Waals surface area contributed by atoms with Gasteiger partial charge in [-0.2, -0.15) is 9.61 Å². The average molecular weight is 298 g/mol.